The van der Waals surface area contributed by atoms with E-state index in [0.29, 0.717) is 0 Å². The van der Waals surface area contributed by atoms with Crippen molar-refractivity contribution in [2.45, 2.75) is 86.7 Å². The number of aliphatic hydroxyl groups is 10. The molecule has 198 valence electrons. The SMILES string of the molecule is C[C@@H]1C(O)C(O[C@@H]2C(CO)C[C@H](N[C@H]3C=C(CO)C(O)[C@H](O)[C@@H]3O)[C@H](O)C2O)O[C@H](CO)C1O. The number of aliphatic hydroxyl groups excluding tert-OH is 10. The molecule has 1 saturated heterocycles. The molecular formula is C21H37NO12. The fourth-order valence-electron chi connectivity index (χ4n) is 4.97. The molecule has 2 fully saturated rings. The molecule has 14 atom stereocenters. The fourth-order valence-corrected chi connectivity index (χ4v) is 4.97. The van der Waals surface area contributed by atoms with Crippen LogP contribution in [-0.2, 0) is 9.47 Å². The lowest BCUT2D eigenvalue weighted by atomic mass is 9.78. The van der Waals surface area contributed by atoms with Crippen LogP contribution in [0.4, 0.5) is 0 Å². The molecule has 6 unspecified atom stereocenters. The van der Waals surface area contributed by atoms with Crippen LogP contribution in [0, 0.1) is 11.8 Å². The molecule has 0 aromatic heterocycles. The van der Waals surface area contributed by atoms with Crippen molar-refractivity contribution in [3.05, 3.63) is 11.6 Å². The third-order valence-corrected chi connectivity index (χ3v) is 7.28. The van der Waals surface area contributed by atoms with Crippen LogP contribution in [0.3, 0.4) is 0 Å². The predicted molar refractivity (Wildman–Crippen MR) is 113 cm³/mol. The van der Waals surface area contributed by atoms with Crippen molar-refractivity contribution in [1.82, 2.24) is 5.32 Å². The van der Waals surface area contributed by atoms with E-state index in [-0.39, 0.29) is 12.0 Å². The van der Waals surface area contributed by atoms with Gasteiger partial charge in [0, 0.05) is 24.5 Å². The molecule has 2 aliphatic carbocycles. The smallest absolute Gasteiger partial charge is 0.184 e. The van der Waals surface area contributed by atoms with E-state index < -0.39 is 105 Å². The Morgan fingerprint density at radius 1 is 0.882 bits per heavy atom. The summed E-state index contributed by atoms with van der Waals surface area (Å²) in [7, 11) is 0. The Kier molecular flexibility index (Phi) is 9.42. The minimum absolute atomic E-state index is 0.0496. The number of hydrogen-bond donors (Lipinski definition) is 11. The first kappa shape index (κ1) is 27.8. The molecule has 13 heteroatoms. The van der Waals surface area contributed by atoms with Crippen molar-refractivity contribution < 1.29 is 60.5 Å². The Labute approximate surface area is 196 Å². The minimum atomic E-state index is -1.58. The van der Waals surface area contributed by atoms with Crippen LogP contribution in [0.15, 0.2) is 11.6 Å². The Balaban J connectivity index is 1.73. The summed E-state index contributed by atoms with van der Waals surface area (Å²) in [6.45, 7) is -0.0123. The molecule has 0 amide bonds. The molecule has 3 aliphatic rings. The zero-order chi connectivity index (χ0) is 25.3. The zero-order valence-corrected chi connectivity index (χ0v) is 18.8. The number of rotatable bonds is 7. The summed E-state index contributed by atoms with van der Waals surface area (Å²) in [5.74, 6) is -1.47. The van der Waals surface area contributed by atoms with E-state index in [0.717, 1.165) is 0 Å². The van der Waals surface area contributed by atoms with E-state index in [1.54, 1.807) is 6.92 Å². The highest BCUT2D eigenvalue weighted by atomic mass is 16.7. The maximum Gasteiger partial charge on any atom is 0.184 e. The van der Waals surface area contributed by atoms with Crippen molar-refractivity contribution in [2.75, 3.05) is 19.8 Å². The molecule has 13 nitrogen and oxygen atoms in total. The lowest BCUT2D eigenvalue weighted by molar-refractivity contribution is -0.319. The van der Waals surface area contributed by atoms with Gasteiger partial charge in [-0.2, -0.15) is 0 Å². The highest BCUT2D eigenvalue weighted by molar-refractivity contribution is 5.22. The Morgan fingerprint density at radius 2 is 1.56 bits per heavy atom. The van der Waals surface area contributed by atoms with E-state index in [1.165, 1.54) is 6.08 Å². The van der Waals surface area contributed by atoms with Gasteiger partial charge in [0.05, 0.1) is 37.6 Å². The van der Waals surface area contributed by atoms with Crippen LogP contribution in [0.1, 0.15) is 13.3 Å². The number of nitrogens with one attached hydrogen (secondary N) is 1. The maximum absolute atomic E-state index is 10.8. The second kappa shape index (κ2) is 11.5. The minimum Gasteiger partial charge on any atom is -0.396 e. The largest absolute Gasteiger partial charge is 0.396 e. The molecule has 1 heterocycles. The van der Waals surface area contributed by atoms with Crippen LogP contribution in [-0.4, -0.2) is 144 Å². The zero-order valence-electron chi connectivity index (χ0n) is 18.8. The molecule has 0 aromatic carbocycles. The van der Waals surface area contributed by atoms with Gasteiger partial charge in [-0.05, 0) is 12.0 Å². The average Bonchev–Trinajstić information content (AvgIpc) is 2.83. The summed E-state index contributed by atoms with van der Waals surface area (Å²) >= 11 is 0. The lowest BCUT2D eigenvalue weighted by Gasteiger charge is -2.47. The van der Waals surface area contributed by atoms with E-state index in [2.05, 4.69) is 5.32 Å². The van der Waals surface area contributed by atoms with Crippen LogP contribution >= 0.6 is 0 Å². The predicted octanol–water partition coefficient (Wildman–Crippen LogP) is -5.48. The second-order valence-electron chi connectivity index (χ2n) is 9.45. The fraction of sp³-hybridized carbons (Fsp3) is 0.905. The molecule has 0 aromatic rings. The van der Waals surface area contributed by atoms with Gasteiger partial charge in [0.25, 0.3) is 0 Å². The molecule has 34 heavy (non-hydrogen) atoms. The Morgan fingerprint density at radius 3 is 2.15 bits per heavy atom. The van der Waals surface area contributed by atoms with Gasteiger partial charge in [-0.25, -0.2) is 0 Å². The van der Waals surface area contributed by atoms with Gasteiger partial charge in [-0.3, -0.25) is 0 Å². The Bertz CT molecular complexity index is 693. The van der Waals surface area contributed by atoms with Crippen molar-refractivity contribution in [3.8, 4) is 0 Å². The summed E-state index contributed by atoms with van der Waals surface area (Å²) in [6, 6.07) is -1.85. The molecule has 1 saturated carbocycles. The van der Waals surface area contributed by atoms with E-state index in [1.807, 2.05) is 0 Å². The highest BCUT2D eigenvalue weighted by Gasteiger charge is 2.50. The first-order valence-electron chi connectivity index (χ1n) is 11.4. The molecule has 0 spiro atoms. The van der Waals surface area contributed by atoms with Gasteiger partial charge >= 0.3 is 0 Å². The first-order chi connectivity index (χ1) is 16.0. The molecule has 1 aliphatic heterocycles. The standard InChI is InChI=1S/C21H37NO12/c1-7-13(26)12(6-25)33-21(14(7)27)34-20-9(5-24)3-11(17(30)19(20)32)22-10-2-8(4-23)15(28)18(31)16(10)29/h2,7,9-32H,3-6H2,1H3/t7-,9?,10-,11-,12+,13?,14?,15?,16+,17-,18-,19?,20+,21?/m0/s1. The van der Waals surface area contributed by atoms with Crippen LogP contribution in [0.2, 0.25) is 0 Å². The van der Waals surface area contributed by atoms with Crippen molar-refractivity contribution in [2.24, 2.45) is 11.8 Å². The first-order valence-corrected chi connectivity index (χ1v) is 11.4. The van der Waals surface area contributed by atoms with E-state index in [4.69, 9.17) is 9.47 Å². The van der Waals surface area contributed by atoms with Crippen LogP contribution in [0.25, 0.3) is 0 Å². The van der Waals surface area contributed by atoms with Crippen molar-refractivity contribution in [1.29, 1.82) is 0 Å². The highest BCUT2D eigenvalue weighted by Crippen LogP contribution is 2.34. The summed E-state index contributed by atoms with van der Waals surface area (Å²) in [5, 5.41) is 104. The molecular weight excluding hydrogens is 458 g/mol. The van der Waals surface area contributed by atoms with Gasteiger partial charge in [0.1, 0.15) is 36.6 Å². The summed E-state index contributed by atoms with van der Waals surface area (Å²) in [5.41, 5.74) is 0.0826. The van der Waals surface area contributed by atoms with Crippen molar-refractivity contribution >= 4 is 0 Å². The van der Waals surface area contributed by atoms with Gasteiger partial charge in [-0.15, -0.1) is 0 Å². The normalized spacial score (nSPS) is 50.1. The molecule has 0 bridgehead atoms. The third kappa shape index (κ3) is 5.32. The van der Waals surface area contributed by atoms with Gasteiger partial charge in [0.2, 0.25) is 0 Å². The second-order valence-corrected chi connectivity index (χ2v) is 9.45. The number of ether oxygens (including phenoxy) is 2. The molecule has 11 N–H and O–H groups in total. The lowest BCUT2D eigenvalue weighted by Crippen LogP contribution is -2.65. The third-order valence-electron chi connectivity index (χ3n) is 7.28. The van der Waals surface area contributed by atoms with Crippen molar-refractivity contribution in [3.63, 3.8) is 0 Å². The Hall–Kier alpha value is -0.780. The summed E-state index contributed by atoms with van der Waals surface area (Å²) in [4.78, 5) is 0. The number of hydrogen-bond acceptors (Lipinski definition) is 13. The maximum atomic E-state index is 10.8. The van der Waals surface area contributed by atoms with Gasteiger partial charge < -0.3 is 65.9 Å². The quantitative estimate of drug-likeness (QED) is 0.148. The summed E-state index contributed by atoms with van der Waals surface area (Å²) < 4.78 is 11.2. The molecule has 0 radical (unpaired) electrons. The topological polar surface area (TPSA) is 233 Å². The average molecular weight is 496 g/mol. The van der Waals surface area contributed by atoms with Gasteiger partial charge in [-0.1, -0.05) is 13.0 Å². The molecule has 3 rings (SSSR count). The van der Waals surface area contributed by atoms with Crippen LogP contribution in [0.5, 0.6) is 0 Å². The summed E-state index contributed by atoms with van der Waals surface area (Å²) in [6.07, 6.45) is -12.1. The van der Waals surface area contributed by atoms with E-state index >= 15 is 0 Å². The van der Waals surface area contributed by atoms with E-state index in [9.17, 15) is 51.1 Å². The van der Waals surface area contributed by atoms with Gasteiger partial charge in [0.15, 0.2) is 6.29 Å². The van der Waals surface area contributed by atoms with Crippen LogP contribution < -0.4 is 5.32 Å². The monoisotopic (exact) mass is 495 g/mol.